The van der Waals surface area contributed by atoms with E-state index in [2.05, 4.69) is 19.8 Å². The molecule has 0 radical (unpaired) electrons. The van der Waals surface area contributed by atoms with Crippen LogP contribution in [-0.4, -0.2) is 43.3 Å². The molecule has 0 aliphatic carbocycles. The van der Waals surface area contributed by atoms with Crippen LogP contribution in [0.3, 0.4) is 0 Å². The van der Waals surface area contributed by atoms with Crippen LogP contribution in [0.1, 0.15) is 0 Å². The minimum atomic E-state index is -0.233. The largest absolute Gasteiger partial charge is 0.493 e. The number of hydrogen-bond acceptors (Lipinski definition) is 7. The number of hydrogen-bond donors (Lipinski definition) is 1. The van der Waals surface area contributed by atoms with Crippen molar-refractivity contribution in [2.24, 2.45) is 0 Å². The Morgan fingerprint density at radius 1 is 0.897 bits per heavy atom. The standard InChI is InChI=1S/C21H22FN5O2/c1-28-17-4-2-3-5-18(17)29-21-19(23)20(24-14-25-21)27-12-10-26(11-13-27)16-8-6-15(22)7-9-16/h2-9,14H,10-13,23H2,1H3. The normalized spacial score (nSPS) is 14.0. The average molecular weight is 395 g/mol. The lowest BCUT2D eigenvalue weighted by Gasteiger charge is -2.37. The van der Waals surface area contributed by atoms with E-state index in [0.717, 1.165) is 31.9 Å². The van der Waals surface area contributed by atoms with Crippen molar-refractivity contribution in [2.45, 2.75) is 0 Å². The molecule has 7 nitrogen and oxygen atoms in total. The van der Waals surface area contributed by atoms with Crippen LogP contribution in [0.4, 0.5) is 21.6 Å². The molecule has 1 saturated heterocycles. The fourth-order valence-electron chi connectivity index (χ4n) is 3.34. The average Bonchev–Trinajstić information content (AvgIpc) is 2.76. The molecule has 0 amide bonds. The van der Waals surface area contributed by atoms with Crippen molar-refractivity contribution in [3.63, 3.8) is 0 Å². The second kappa shape index (κ2) is 8.22. The van der Waals surface area contributed by atoms with Crippen LogP contribution in [0, 0.1) is 5.82 Å². The highest BCUT2D eigenvalue weighted by atomic mass is 19.1. The van der Waals surface area contributed by atoms with Gasteiger partial charge in [-0.25, -0.2) is 9.37 Å². The van der Waals surface area contributed by atoms with E-state index in [1.807, 2.05) is 18.2 Å². The fourth-order valence-corrected chi connectivity index (χ4v) is 3.34. The minimum absolute atomic E-state index is 0.233. The second-order valence-electron chi connectivity index (χ2n) is 6.62. The summed E-state index contributed by atoms with van der Waals surface area (Å²) in [6, 6.07) is 13.9. The quantitative estimate of drug-likeness (QED) is 0.710. The third kappa shape index (κ3) is 4.01. The number of halogens is 1. The Balaban J connectivity index is 1.48. The van der Waals surface area contributed by atoms with E-state index < -0.39 is 0 Å². The van der Waals surface area contributed by atoms with Crippen LogP contribution >= 0.6 is 0 Å². The first-order chi connectivity index (χ1) is 14.2. The summed E-state index contributed by atoms with van der Waals surface area (Å²) in [6.07, 6.45) is 1.45. The first kappa shape index (κ1) is 18.8. The first-order valence-corrected chi connectivity index (χ1v) is 9.32. The number of benzene rings is 2. The van der Waals surface area contributed by atoms with Crippen molar-refractivity contribution in [2.75, 3.05) is 48.8 Å². The topological polar surface area (TPSA) is 76.7 Å². The number of nitrogen functional groups attached to an aromatic ring is 1. The van der Waals surface area contributed by atoms with Crippen molar-refractivity contribution < 1.29 is 13.9 Å². The molecule has 2 heterocycles. The van der Waals surface area contributed by atoms with Gasteiger partial charge in [0, 0.05) is 31.9 Å². The van der Waals surface area contributed by atoms with Gasteiger partial charge in [0.15, 0.2) is 17.3 Å². The number of para-hydroxylation sites is 2. The van der Waals surface area contributed by atoms with E-state index in [-0.39, 0.29) is 5.82 Å². The Morgan fingerprint density at radius 3 is 2.24 bits per heavy atom. The molecule has 1 aromatic heterocycles. The molecular formula is C21H22FN5O2. The number of ether oxygens (including phenoxy) is 2. The molecule has 3 aromatic rings. The maximum Gasteiger partial charge on any atom is 0.248 e. The molecule has 4 rings (SSSR count). The van der Waals surface area contributed by atoms with E-state index >= 15 is 0 Å². The predicted molar refractivity (Wildman–Crippen MR) is 110 cm³/mol. The number of nitrogens with zero attached hydrogens (tertiary/aromatic N) is 4. The molecule has 0 atom stereocenters. The zero-order valence-electron chi connectivity index (χ0n) is 16.1. The molecule has 8 heteroatoms. The molecule has 0 saturated carbocycles. The number of anilines is 3. The van der Waals surface area contributed by atoms with Crippen molar-refractivity contribution in [3.8, 4) is 17.4 Å². The molecule has 2 aromatic carbocycles. The van der Waals surface area contributed by atoms with Crippen LogP contribution in [0.15, 0.2) is 54.9 Å². The monoisotopic (exact) mass is 395 g/mol. The number of nitrogens with two attached hydrogens (primary N) is 1. The number of aromatic nitrogens is 2. The van der Waals surface area contributed by atoms with Gasteiger partial charge in [-0.15, -0.1) is 0 Å². The van der Waals surface area contributed by atoms with Gasteiger partial charge in [-0.2, -0.15) is 4.98 Å². The van der Waals surface area contributed by atoms with Gasteiger partial charge in [-0.1, -0.05) is 12.1 Å². The van der Waals surface area contributed by atoms with E-state index in [1.54, 1.807) is 25.3 Å². The molecule has 0 bridgehead atoms. The zero-order chi connectivity index (χ0) is 20.2. The van der Waals surface area contributed by atoms with Gasteiger partial charge in [-0.3, -0.25) is 0 Å². The SMILES string of the molecule is COc1ccccc1Oc1ncnc(N2CCN(c3ccc(F)cc3)CC2)c1N. The Kier molecular flexibility index (Phi) is 5.33. The van der Waals surface area contributed by atoms with E-state index in [1.165, 1.54) is 18.5 Å². The Bertz CT molecular complexity index is 975. The lowest BCUT2D eigenvalue weighted by molar-refractivity contribution is 0.374. The van der Waals surface area contributed by atoms with Crippen molar-refractivity contribution in [1.29, 1.82) is 0 Å². The van der Waals surface area contributed by atoms with Gasteiger partial charge in [0.05, 0.1) is 7.11 Å². The summed E-state index contributed by atoms with van der Waals surface area (Å²) in [5.74, 6) is 1.83. The summed E-state index contributed by atoms with van der Waals surface area (Å²) < 4.78 is 24.4. The van der Waals surface area contributed by atoms with Crippen LogP contribution in [0.25, 0.3) is 0 Å². The summed E-state index contributed by atoms with van der Waals surface area (Å²) in [5.41, 5.74) is 7.71. The third-order valence-electron chi connectivity index (χ3n) is 4.87. The first-order valence-electron chi connectivity index (χ1n) is 9.32. The lowest BCUT2D eigenvalue weighted by Crippen LogP contribution is -2.47. The highest BCUT2D eigenvalue weighted by Crippen LogP contribution is 2.35. The summed E-state index contributed by atoms with van der Waals surface area (Å²) >= 11 is 0. The number of rotatable bonds is 5. The predicted octanol–water partition coefficient (Wildman–Crippen LogP) is 3.33. The number of methoxy groups -OCH3 is 1. The molecule has 2 N–H and O–H groups in total. The van der Waals surface area contributed by atoms with Crippen LogP contribution < -0.4 is 25.0 Å². The summed E-state index contributed by atoms with van der Waals surface area (Å²) in [5, 5.41) is 0. The minimum Gasteiger partial charge on any atom is -0.493 e. The van der Waals surface area contributed by atoms with E-state index in [4.69, 9.17) is 15.2 Å². The highest BCUT2D eigenvalue weighted by Gasteiger charge is 2.22. The Labute approximate surface area is 168 Å². The van der Waals surface area contributed by atoms with E-state index in [0.29, 0.717) is 28.9 Å². The van der Waals surface area contributed by atoms with Crippen molar-refractivity contribution >= 4 is 17.2 Å². The second-order valence-corrected chi connectivity index (χ2v) is 6.62. The molecule has 150 valence electrons. The van der Waals surface area contributed by atoms with Gasteiger partial charge in [0.1, 0.15) is 17.8 Å². The van der Waals surface area contributed by atoms with Gasteiger partial charge < -0.3 is 25.0 Å². The zero-order valence-corrected chi connectivity index (χ0v) is 16.1. The molecule has 0 unspecified atom stereocenters. The molecule has 1 aliphatic heterocycles. The Morgan fingerprint density at radius 2 is 1.55 bits per heavy atom. The maximum atomic E-state index is 13.1. The Hall–Kier alpha value is -3.55. The van der Waals surface area contributed by atoms with Gasteiger partial charge in [-0.05, 0) is 36.4 Å². The van der Waals surface area contributed by atoms with Crippen molar-refractivity contribution in [1.82, 2.24) is 9.97 Å². The number of piperazine rings is 1. The van der Waals surface area contributed by atoms with Gasteiger partial charge in [0.25, 0.3) is 0 Å². The fraction of sp³-hybridized carbons (Fsp3) is 0.238. The molecule has 29 heavy (non-hydrogen) atoms. The van der Waals surface area contributed by atoms with E-state index in [9.17, 15) is 4.39 Å². The van der Waals surface area contributed by atoms with Gasteiger partial charge >= 0.3 is 0 Å². The maximum absolute atomic E-state index is 13.1. The molecule has 0 spiro atoms. The van der Waals surface area contributed by atoms with Crippen LogP contribution in [0.2, 0.25) is 0 Å². The molecule has 1 fully saturated rings. The lowest BCUT2D eigenvalue weighted by atomic mass is 10.2. The van der Waals surface area contributed by atoms with Crippen LogP contribution in [-0.2, 0) is 0 Å². The molecule has 1 aliphatic rings. The summed E-state index contributed by atoms with van der Waals surface area (Å²) in [6.45, 7) is 3.01. The van der Waals surface area contributed by atoms with Crippen molar-refractivity contribution in [3.05, 3.63) is 60.7 Å². The van der Waals surface area contributed by atoms with Crippen LogP contribution in [0.5, 0.6) is 17.4 Å². The smallest absolute Gasteiger partial charge is 0.248 e. The molecular weight excluding hydrogens is 373 g/mol. The summed E-state index contributed by atoms with van der Waals surface area (Å²) in [4.78, 5) is 12.9. The van der Waals surface area contributed by atoms with Gasteiger partial charge in [0.2, 0.25) is 5.88 Å². The third-order valence-corrected chi connectivity index (χ3v) is 4.87. The summed E-state index contributed by atoms with van der Waals surface area (Å²) in [7, 11) is 1.58. The highest BCUT2D eigenvalue weighted by molar-refractivity contribution is 5.69.